The van der Waals surface area contributed by atoms with Gasteiger partial charge in [-0.05, 0) is 25.0 Å². The summed E-state index contributed by atoms with van der Waals surface area (Å²) in [4.78, 5) is 27.8. The molecule has 3 amide bonds. The zero-order valence-electron chi connectivity index (χ0n) is 14.5. The minimum Gasteiger partial charge on any atom is -0.406 e. The second-order valence-corrected chi connectivity index (χ2v) is 6.32. The fraction of sp³-hybridized carbons (Fsp3) is 0.529. The van der Waals surface area contributed by atoms with Crippen LogP contribution in [0.3, 0.4) is 0 Å². The summed E-state index contributed by atoms with van der Waals surface area (Å²) >= 11 is 0. The lowest BCUT2D eigenvalue weighted by molar-refractivity contribution is -0.274. The lowest BCUT2D eigenvalue weighted by Gasteiger charge is -2.35. The number of rotatable bonds is 3. The highest BCUT2D eigenvalue weighted by atomic mass is 19.4. The van der Waals surface area contributed by atoms with Gasteiger partial charge < -0.3 is 24.6 Å². The first-order valence-corrected chi connectivity index (χ1v) is 8.64. The van der Waals surface area contributed by atoms with Gasteiger partial charge >= 0.3 is 12.4 Å². The summed E-state index contributed by atoms with van der Waals surface area (Å²) in [6.45, 7) is 2.05. The molecule has 0 aliphatic carbocycles. The Kier molecular flexibility index (Phi) is 5.73. The number of nitrogens with one attached hydrogen (secondary N) is 1. The Balaban J connectivity index is 1.51. The summed E-state index contributed by atoms with van der Waals surface area (Å²) in [7, 11) is 0. The summed E-state index contributed by atoms with van der Waals surface area (Å²) in [6, 6.07) is 4.64. The van der Waals surface area contributed by atoms with E-state index in [1.807, 2.05) is 0 Å². The number of amides is 3. The van der Waals surface area contributed by atoms with Gasteiger partial charge in [0.25, 0.3) is 5.91 Å². The van der Waals surface area contributed by atoms with E-state index in [1.165, 1.54) is 17.0 Å². The molecule has 0 saturated carbocycles. The number of nitrogens with zero attached hydrogens (tertiary/aromatic N) is 2. The van der Waals surface area contributed by atoms with Crippen molar-refractivity contribution in [3.05, 3.63) is 24.3 Å². The number of carbonyl (C=O) groups is 2. The molecule has 1 aromatic carbocycles. The second kappa shape index (κ2) is 8.03. The van der Waals surface area contributed by atoms with Crippen LogP contribution in [-0.4, -0.2) is 67.0 Å². The molecule has 1 unspecified atom stereocenters. The lowest BCUT2D eigenvalue weighted by Crippen LogP contribution is -2.53. The van der Waals surface area contributed by atoms with Gasteiger partial charge in [-0.1, -0.05) is 6.07 Å². The van der Waals surface area contributed by atoms with Crippen molar-refractivity contribution in [3.8, 4) is 5.75 Å². The minimum absolute atomic E-state index is 0.0513. The number of urea groups is 1. The van der Waals surface area contributed by atoms with E-state index in [4.69, 9.17) is 4.74 Å². The van der Waals surface area contributed by atoms with E-state index in [-0.39, 0.29) is 17.7 Å². The van der Waals surface area contributed by atoms with Crippen molar-refractivity contribution in [2.45, 2.75) is 25.3 Å². The van der Waals surface area contributed by atoms with E-state index in [1.54, 1.807) is 4.90 Å². The molecule has 0 radical (unpaired) electrons. The Morgan fingerprint density at radius 3 is 2.48 bits per heavy atom. The van der Waals surface area contributed by atoms with Gasteiger partial charge in [0, 0.05) is 44.5 Å². The molecule has 148 valence electrons. The van der Waals surface area contributed by atoms with Crippen LogP contribution in [0.15, 0.2) is 24.3 Å². The van der Waals surface area contributed by atoms with Crippen LogP contribution < -0.4 is 10.1 Å². The summed E-state index contributed by atoms with van der Waals surface area (Å²) in [5, 5.41) is 2.55. The Hall–Kier alpha value is -2.49. The first-order chi connectivity index (χ1) is 12.8. The SMILES string of the molecule is O=C(Nc1cccc(OC(F)(F)F)c1)N1CCN(C(=O)C2CCCO2)CC1. The predicted octanol–water partition coefficient (Wildman–Crippen LogP) is 2.44. The molecule has 2 aliphatic heterocycles. The number of benzene rings is 1. The van der Waals surface area contributed by atoms with Crippen LogP contribution in [-0.2, 0) is 9.53 Å². The van der Waals surface area contributed by atoms with Crippen molar-refractivity contribution < 1.29 is 32.2 Å². The second-order valence-electron chi connectivity index (χ2n) is 6.32. The summed E-state index contributed by atoms with van der Waals surface area (Å²) < 4.78 is 46.1. The van der Waals surface area contributed by atoms with E-state index in [0.717, 1.165) is 25.0 Å². The maximum absolute atomic E-state index is 12.3. The summed E-state index contributed by atoms with van der Waals surface area (Å²) in [5.41, 5.74) is 0.194. The van der Waals surface area contributed by atoms with E-state index in [2.05, 4.69) is 10.1 Å². The van der Waals surface area contributed by atoms with Crippen LogP contribution >= 0.6 is 0 Å². The molecule has 2 saturated heterocycles. The van der Waals surface area contributed by atoms with E-state index in [9.17, 15) is 22.8 Å². The normalized spacial score (nSPS) is 20.5. The monoisotopic (exact) mass is 387 g/mol. The molecule has 2 heterocycles. The van der Waals surface area contributed by atoms with Crippen molar-refractivity contribution in [3.63, 3.8) is 0 Å². The molecule has 1 N–H and O–H groups in total. The number of piperazine rings is 1. The van der Waals surface area contributed by atoms with Gasteiger partial charge in [0.2, 0.25) is 0 Å². The van der Waals surface area contributed by atoms with Crippen molar-refractivity contribution in [1.82, 2.24) is 9.80 Å². The Labute approximate surface area is 154 Å². The minimum atomic E-state index is -4.80. The van der Waals surface area contributed by atoms with Crippen LogP contribution in [0.1, 0.15) is 12.8 Å². The molecule has 3 rings (SSSR count). The van der Waals surface area contributed by atoms with Gasteiger partial charge in [0.05, 0.1) is 0 Å². The van der Waals surface area contributed by atoms with Gasteiger partial charge in [-0.15, -0.1) is 13.2 Å². The maximum atomic E-state index is 12.3. The highest BCUT2D eigenvalue weighted by molar-refractivity contribution is 5.90. The lowest BCUT2D eigenvalue weighted by atomic mass is 10.2. The Morgan fingerprint density at radius 1 is 1.15 bits per heavy atom. The fourth-order valence-corrected chi connectivity index (χ4v) is 3.08. The van der Waals surface area contributed by atoms with Gasteiger partial charge in [-0.25, -0.2) is 4.79 Å². The number of hydrogen-bond donors (Lipinski definition) is 1. The quantitative estimate of drug-likeness (QED) is 0.865. The average molecular weight is 387 g/mol. The Bertz CT molecular complexity index is 684. The molecule has 2 aliphatic rings. The summed E-state index contributed by atoms with van der Waals surface area (Å²) in [6.07, 6.45) is -3.60. The third-order valence-electron chi connectivity index (χ3n) is 4.40. The highest BCUT2D eigenvalue weighted by Crippen LogP contribution is 2.25. The molecule has 27 heavy (non-hydrogen) atoms. The largest absolute Gasteiger partial charge is 0.573 e. The third kappa shape index (κ3) is 5.25. The standard InChI is InChI=1S/C17H20F3N3O4/c18-17(19,20)27-13-4-1-3-12(11-13)21-16(25)23-8-6-22(7-9-23)15(24)14-5-2-10-26-14/h1,3-4,11,14H,2,5-10H2,(H,21,25). The van der Waals surface area contributed by atoms with Crippen molar-refractivity contribution in [2.24, 2.45) is 0 Å². The number of halogens is 3. The number of alkyl halides is 3. The molecular formula is C17H20F3N3O4. The highest BCUT2D eigenvalue weighted by Gasteiger charge is 2.32. The van der Waals surface area contributed by atoms with E-state index < -0.39 is 18.1 Å². The summed E-state index contributed by atoms with van der Waals surface area (Å²) in [5.74, 6) is -0.461. The van der Waals surface area contributed by atoms with Crippen LogP contribution in [0.5, 0.6) is 5.75 Å². The molecule has 0 aromatic heterocycles. The van der Waals surface area contributed by atoms with Gasteiger partial charge in [-0.3, -0.25) is 4.79 Å². The molecule has 1 aromatic rings. The molecule has 1 atom stereocenters. The number of ether oxygens (including phenoxy) is 2. The topological polar surface area (TPSA) is 71.1 Å². The first kappa shape index (κ1) is 19.3. The van der Waals surface area contributed by atoms with Crippen LogP contribution in [0, 0.1) is 0 Å². The average Bonchev–Trinajstić information content (AvgIpc) is 3.14. The molecule has 0 spiro atoms. The first-order valence-electron chi connectivity index (χ1n) is 8.64. The molecule has 0 bridgehead atoms. The van der Waals surface area contributed by atoms with Crippen LogP contribution in [0.25, 0.3) is 0 Å². The van der Waals surface area contributed by atoms with Crippen molar-refractivity contribution in [1.29, 1.82) is 0 Å². The van der Waals surface area contributed by atoms with Gasteiger partial charge in [-0.2, -0.15) is 0 Å². The van der Waals surface area contributed by atoms with Crippen molar-refractivity contribution >= 4 is 17.6 Å². The molecular weight excluding hydrogens is 367 g/mol. The number of carbonyl (C=O) groups excluding carboxylic acids is 2. The van der Waals surface area contributed by atoms with Gasteiger partial charge in [0.1, 0.15) is 11.9 Å². The van der Waals surface area contributed by atoms with Crippen LogP contribution in [0.4, 0.5) is 23.7 Å². The third-order valence-corrected chi connectivity index (χ3v) is 4.40. The predicted molar refractivity (Wildman–Crippen MR) is 89.3 cm³/mol. The molecule has 2 fully saturated rings. The number of anilines is 1. The Morgan fingerprint density at radius 2 is 1.85 bits per heavy atom. The zero-order valence-corrected chi connectivity index (χ0v) is 14.5. The maximum Gasteiger partial charge on any atom is 0.573 e. The van der Waals surface area contributed by atoms with Crippen LogP contribution in [0.2, 0.25) is 0 Å². The van der Waals surface area contributed by atoms with E-state index in [0.29, 0.717) is 32.8 Å². The van der Waals surface area contributed by atoms with Crippen molar-refractivity contribution in [2.75, 3.05) is 38.1 Å². The zero-order chi connectivity index (χ0) is 19.4. The fourth-order valence-electron chi connectivity index (χ4n) is 3.08. The number of hydrogen-bond acceptors (Lipinski definition) is 4. The smallest absolute Gasteiger partial charge is 0.406 e. The van der Waals surface area contributed by atoms with Gasteiger partial charge in [0.15, 0.2) is 0 Å². The molecule has 10 heteroatoms. The molecule has 7 nitrogen and oxygen atoms in total. The van der Waals surface area contributed by atoms with E-state index >= 15 is 0 Å².